The van der Waals surface area contributed by atoms with Gasteiger partial charge >= 0.3 is 6.03 Å². The maximum atomic E-state index is 13.4. The summed E-state index contributed by atoms with van der Waals surface area (Å²) in [5, 5.41) is 5.19. The second kappa shape index (κ2) is 5.69. The summed E-state index contributed by atoms with van der Waals surface area (Å²) in [5.74, 6) is 0.111. The van der Waals surface area contributed by atoms with Crippen molar-refractivity contribution in [3.8, 4) is 0 Å². The Morgan fingerprint density at radius 3 is 2.50 bits per heavy atom. The first-order valence-electron chi connectivity index (χ1n) is 6.23. The molecule has 0 saturated heterocycles. The number of nitrogens with zero attached hydrogens (tertiary/aromatic N) is 1. The molecule has 4 nitrogen and oxygen atoms in total. The number of urea groups is 1. The van der Waals surface area contributed by atoms with E-state index >= 15 is 0 Å². The zero-order valence-corrected chi connectivity index (χ0v) is 11.6. The molecule has 0 aliphatic carbocycles. The minimum atomic E-state index is -0.453. The molecule has 1 aromatic heterocycles. The fourth-order valence-electron chi connectivity index (χ4n) is 1.85. The van der Waals surface area contributed by atoms with E-state index in [1.807, 2.05) is 19.9 Å². The number of halogens is 1. The van der Waals surface area contributed by atoms with Crippen LogP contribution in [-0.2, 0) is 0 Å². The van der Waals surface area contributed by atoms with E-state index in [9.17, 15) is 9.18 Å². The zero-order valence-electron chi connectivity index (χ0n) is 11.6. The lowest BCUT2D eigenvalue weighted by Gasteiger charge is -2.09. The molecule has 0 saturated carbocycles. The normalized spacial score (nSPS) is 10.2. The lowest BCUT2D eigenvalue weighted by Crippen LogP contribution is -2.20. The smallest absolute Gasteiger partial charge is 0.308 e. The number of aryl methyl sites for hydroxylation is 3. The summed E-state index contributed by atoms with van der Waals surface area (Å²) < 4.78 is 13.4. The predicted molar refractivity (Wildman–Crippen MR) is 77.5 cm³/mol. The summed E-state index contributed by atoms with van der Waals surface area (Å²) in [6.45, 7) is 5.44. The molecule has 104 valence electrons. The average Bonchev–Trinajstić information content (AvgIpc) is 2.32. The first kappa shape index (κ1) is 14.0. The molecular weight excluding hydrogens is 257 g/mol. The zero-order chi connectivity index (χ0) is 14.7. The molecule has 0 aliphatic heterocycles. The third kappa shape index (κ3) is 3.54. The molecule has 2 amide bonds. The summed E-state index contributed by atoms with van der Waals surface area (Å²) in [7, 11) is 0. The van der Waals surface area contributed by atoms with Crippen molar-refractivity contribution >= 4 is 17.5 Å². The molecule has 0 fully saturated rings. The van der Waals surface area contributed by atoms with E-state index < -0.39 is 6.03 Å². The number of pyridine rings is 1. The third-order valence-electron chi connectivity index (χ3n) is 2.77. The van der Waals surface area contributed by atoms with Crippen molar-refractivity contribution in [1.82, 2.24) is 4.98 Å². The van der Waals surface area contributed by atoms with E-state index in [1.165, 1.54) is 6.07 Å². The van der Waals surface area contributed by atoms with Gasteiger partial charge in [0.25, 0.3) is 0 Å². The molecule has 0 radical (unpaired) electrons. The molecule has 2 N–H and O–H groups in total. The highest BCUT2D eigenvalue weighted by molar-refractivity contribution is 5.99. The van der Waals surface area contributed by atoms with E-state index in [4.69, 9.17) is 0 Å². The molecule has 0 atom stereocenters. The van der Waals surface area contributed by atoms with E-state index in [1.54, 1.807) is 25.1 Å². The van der Waals surface area contributed by atoms with Gasteiger partial charge in [-0.25, -0.2) is 14.2 Å². The number of amides is 2. The molecule has 0 aliphatic rings. The van der Waals surface area contributed by atoms with Gasteiger partial charge in [0.2, 0.25) is 0 Å². The molecule has 2 aromatic rings. The number of hydrogen-bond acceptors (Lipinski definition) is 2. The van der Waals surface area contributed by atoms with Crippen LogP contribution < -0.4 is 10.6 Å². The fourth-order valence-corrected chi connectivity index (χ4v) is 1.85. The maximum Gasteiger partial charge on any atom is 0.324 e. The second-order valence-electron chi connectivity index (χ2n) is 4.71. The molecule has 1 aromatic carbocycles. The van der Waals surface area contributed by atoms with Gasteiger partial charge in [-0.15, -0.1) is 0 Å². The standard InChI is InChI=1S/C15H16FN3O/c1-9-6-11(3)17-14(7-9)19-15(20)18-12-5-4-10(2)13(16)8-12/h4-8H,1-3H3,(H2,17,18,19,20). The van der Waals surface area contributed by atoms with Crippen LogP contribution in [0.5, 0.6) is 0 Å². The minimum absolute atomic E-state index is 0.354. The van der Waals surface area contributed by atoms with E-state index in [2.05, 4.69) is 15.6 Å². The Morgan fingerprint density at radius 2 is 1.85 bits per heavy atom. The fraction of sp³-hybridized carbons (Fsp3) is 0.200. The summed E-state index contributed by atoms with van der Waals surface area (Å²) in [5.41, 5.74) is 2.76. The first-order valence-corrected chi connectivity index (χ1v) is 6.23. The number of nitrogens with one attached hydrogen (secondary N) is 2. The quantitative estimate of drug-likeness (QED) is 0.874. The van der Waals surface area contributed by atoms with Crippen molar-refractivity contribution in [2.45, 2.75) is 20.8 Å². The van der Waals surface area contributed by atoms with Crippen LogP contribution in [0.25, 0.3) is 0 Å². The van der Waals surface area contributed by atoms with Gasteiger partial charge in [-0.1, -0.05) is 6.07 Å². The molecule has 20 heavy (non-hydrogen) atoms. The Kier molecular flexibility index (Phi) is 3.98. The van der Waals surface area contributed by atoms with Gasteiger partial charge < -0.3 is 5.32 Å². The van der Waals surface area contributed by atoms with Crippen LogP contribution in [0.15, 0.2) is 30.3 Å². The summed E-state index contributed by atoms with van der Waals surface area (Å²) in [6.07, 6.45) is 0. The summed E-state index contributed by atoms with van der Waals surface area (Å²) >= 11 is 0. The molecule has 5 heteroatoms. The van der Waals surface area contributed by atoms with Crippen molar-refractivity contribution in [3.63, 3.8) is 0 Å². The van der Waals surface area contributed by atoms with Gasteiger partial charge in [-0.05, 0) is 56.2 Å². The Labute approximate surface area is 117 Å². The van der Waals surface area contributed by atoms with Crippen LogP contribution in [0.2, 0.25) is 0 Å². The van der Waals surface area contributed by atoms with E-state index in [-0.39, 0.29) is 5.82 Å². The van der Waals surface area contributed by atoms with Crippen molar-refractivity contribution in [2.24, 2.45) is 0 Å². The molecule has 1 heterocycles. The largest absolute Gasteiger partial charge is 0.324 e. The summed E-state index contributed by atoms with van der Waals surface area (Å²) in [4.78, 5) is 16.0. The monoisotopic (exact) mass is 273 g/mol. The highest BCUT2D eigenvalue weighted by Crippen LogP contribution is 2.14. The number of hydrogen-bond donors (Lipinski definition) is 2. The lowest BCUT2D eigenvalue weighted by atomic mass is 10.2. The van der Waals surface area contributed by atoms with Gasteiger partial charge in [0, 0.05) is 11.4 Å². The Bertz CT molecular complexity index is 635. The Morgan fingerprint density at radius 1 is 1.10 bits per heavy atom. The van der Waals surface area contributed by atoms with Gasteiger partial charge in [0.05, 0.1) is 0 Å². The highest BCUT2D eigenvalue weighted by Gasteiger charge is 2.06. The van der Waals surface area contributed by atoms with Crippen LogP contribution in [0, 0.1) is 26.6 Å². The third-order valence-corrected chi connectivity index (χ3v) is 2.77. The van der Waals surface area contributed by atoms with Gasteiger partial charge in [-0.3, -0.25) is 5.32 Å². The van der Waals surface area contributed by atoms with Crippen LogP contribution >= 0.6 is 0 Å². The average molecular weight is 273 g/mol. The lowest BCUT2D eigenvalue weighted by molar-refractivity contribution is 0.262. The van der Waals surface area contributed by atoms with E-state index in [0.29, 0.717) is 17.1 Å². The van der Waals surface area contributed by atoms with Crippen LogP contribution in [0.4, 0.5) is 20.7 Å². The molecular formula is C15H16FN3O. The van der Waals surface area contributed by atoms with Gasteiger partial charge in [0.15, 0.2) is 0 Å². The van der Waals surface area contributed by atoms with Gasteiger partial charge in [0.1, 0.15) is 11.6 Å². The topological polar surface area (TPSA) is 54.0 Å². The van der Waals surface area contributed by atoms with Crippen LogP contribution in [0.3, 0.4) is 0 Å². The molecule has 0 unspecified atom stereocenters. The number of anilines is 2. The highest BCUT2D eigenvalue weighted by atomic mass is 19.1. The summed E-state index contributed by atoms with van der Waals surface area (Å²) in [6, 6.07) is 7.77. The SMILES string of the molecule is Cc1cc(C)nc(NC(=O)Nc2ccc(C)c(F)c2)c1. The maximum absolute atomic E-state index is 13.4. The van der Waals surface area contributed by atoms with Crippen molar-refractivity contribution in [1.29, 1.82) is 0 Å². The van der Waals surface area contributed by atoms with Crippen LogP contribution in [-0.4, -0.2) is 11.0 Å². The van der Waals surface area contributed by atoms with E-state index in [0.717, 1.165) is 11.3 Å². The van der Waals surface area contributed by atoms with Gasteiger partial charge in [-0.2, -0.15) is 0 Å². The molecule has 0 bridgehead atoms. The van der Waals surface area contributed by atoms with Crippen molar-refractivity contribution in [3.05, 3.63) is 53.0 Å². The number of aromatic nitrogens is 1. The Hall–Kier alpha value is -2.43. The molecule has 2 rings (SSSR count). The number of benzene rings is 1. The second-order valence-corrected chi connectivity index (χ2v) is 4.71. The van der Waals surface area contributed by atoms with Crippen molar-refractivity contribution in [2.75, 3.05) is 10.6 Å². The van der Waals surface area contributed by atoms with Crippen molar-refractivity contribution < 1.29 is 9.18 Å². The Balaban J connectivity index is 2.06. The van der Waals surface area contributed by atoms with Crippen LogP contribution in [0.1, 0.15) is 16.8 Å². The minimum Gasteiger partial charge on any atom is -0.308 e. The number of carbonyl (C=O) groups is 1. The molecule has 0 spiro atoms. The number of rotatable bonds is 2. The first-order chi connectivity index (χ1) is 9.44. The predicted octanol–water partition coefficient (Wildman–Crippen LogP) is 3.79. The number of carbonyl (C=O) groups excluding carboxylic acids is 1.